The topological polar surface area (TPSA) is 9.23 Å². The van der Waals surface area contributed by atoms with Crippen molar-refractivity contribution in [1.82, 2.24) is 0 Å². The number of hydrogen-bond donors (Lipinski definition) is 0. The van der Waals surface area contributed by atoms with Gasteiger partial charge in [-0.15, -0.1) is 0 Å². The third-order valence-electron chi connectivity index (χ3n) is 3.27. The van der Waals surface area contributed by atoms with E-state index in [0.29, 0.717) is 6.61 Å². The number of benzene rings is 3. The van der Waals surface area contributed by atoms with Crippen molar-refractivity contribution < 1.29 is 4.74 Å². The summed E-state index contributed by atoms with van der Waals surface area (Å²) in [5.41, 5.74) is 2.49. The Balaban J connectivity index is 2.08. The van der Waals surface area contributed by atoms with E-state index in [2.05, 4.69) is 54.6 Å². The molecule has 0 N–H and O–H groups in total. The van der Waals surface area contributed by atoms with Crippen LogP contribution in [0.15, 0.2) is 66.7 Å². The molecule has 0 saturated heterocycles. The van der Waals surface area contributed by atoms with E-state index in [4.69, 9.17) is 4.74 Å². The van der Waals surface area contributed by atoms with Gasteiger partial charge >= 0.3 is 0 Å². The van der Waals surface area contributed by atoms with E-state index in [1.807, 2.05) is 19.1 Å². The van der Waals surface area contributed by atoms with Crippen molar-refractivity contribution in [3.05, 3.63) is 66.7 Å². The first-order valence-corrected chi connectivity index (χ1v) is 6.59. The number of hydrogen-bond acceptors (Lipinski definition) is 1. The van der Waals surface area contributed by atoms with E-state index in [-0.39, 0.29) is 0 Å². The van der Waals surface area contributed by atoms with Crippen LogP contribution in [-0.4, -0.2) is 6.61 Å². The van der Waals surface area contributed by atoms with Crippen molar-refractivity contribution in [2.45, 2.75) is 6.92 Å². The van der Waals surface area contributed by atoms with E-state index in [9.17, 15) is 0 Å². The molecule has 3 rings (SSSR count). The van der Waals surface area contributed by atoms with Crippen LogP contribution in [0.2, 0.25) is 0 Å². The van der Waals surface area contributed by atoms with E-state index in [0.717, 1.165) is 5.75 Å². The Morgan fingerprint density at radius 3 is 2.32 bits per heavy atom. The van der Waals surface area contributed by atoms with Gasteiger partial charge in [-0.3, -0.25) is 0 Å². The largest absolute Gasteiger partial charge is 0.494 e. The first kappa shape index (κ1) is 11.8. The summed E-state index contributed by atoms with van der Waals surface area (Å²) in [5, 5.41) is 2.56. The van der Waals surface area contributed by atoms with Crippen molar-refractivity contribution in [2.75, 3.05) is 6.61 Å². The molecule has 0 amide bonds. The Bertz CT molecular complexity index is 678. The summed E-state index contributed by atoms with van der Waals surface area (Å²) in [6.45, 7) is 2.70. The molecule has 3 aromatic carbocycles. The van der Waals surface area contributed by atoms with Crippen LogP contribution in [0.25, 0.3) is 21.9 Å². The maximum Gasteiger partial charge on any atom is 0.119 e. The van der Waals surface area contributed by atoms with Crippen molar-refractivity contribution in [1.29, 1.82) is 0 Å². The second-order valence-corrected chi connectivity index (χ2v) is 4.48. The Labute approximate surface area is 113 Å². The molecule has 0 radical (unpaired) electrons. The van der Waals surface area contributed by atoms with E-state index >= 15 is 0 Å². The maximum absolute atomic E-state index is 5.48. The molecule has 0 heterocycles. The number of rotatable bonds is 3. The monoisotopic (exact) mass is 248 g/mol. The van der Waals surface area contributed by atoms with Gasteiger partial charge in [0.05, 0.1) is 6.61 Å². The Hall–Kier alpha value is -2.28. The summed E-state index contributed by atoms with van der Waals surface area (Å²) in [6, 6.07) is 23.2. The summed E-state index contributed by atoms with van der Waals surface area (Å²) in [5.74, 6) is 0.923. The van der Waals surface area contributed by atoms with Crippen LogP contribution in [0.3, 0.4) is 0 Å². The Morgan fingerprint density at radius 1 is 0.789 bits per heavy atom. The Morgan fingerprint density at radius 2 is 1.53 bits per heavy atom. The van der Waals surface area contributed by atoms with E-state index in [1.165, 1.54) is 21.9 Å². The van der Waals surface area contributed by atoms with E-state index < -0.39 is 0 Å². The van der Waals surface area contributed by atoms with Gasteiger partial charge in [0.25, 0.3) is 0 Å². The summed E-state index contributed by atoms with van der Waals surface area (Å²) in [6.07, 6.45) is 0. The minimum atomic E-state index is 0.702. The zero-order chi connectivity index (χ0) is 13.1. The first-order valence-electron chi connectivity index (χ1n) is 6.59. The molecule has 19 heavy (non-hydrogen) atoms. The molecule has 3 aromatic rings. The second kappa shape index (κ2) is 5.15. The molecular formula is C18H16O. The zero-order valence-electron chi connectivity index (χ0n) is 11.0. The number of fused-ring (bicyclic) bond motifs is 1. The fraction of sp³-hybridized carbons (Fsp3) is 0.111. The SMILES string of the molecule is CCOc1ccc(-c2cccc3ccccc23)cc1. The highest BCUT2D eigenvalue weighted by Crippen LogP contribution is 2.29. The molecule has 0 aliphatic heterocycles. The highest BCUT2D eigenvalue weighted by Gasteiger charge is 2.03. The summed E-state index contributed by atoms with van der Waals surface area (Å²) in [4.78, 5) is 0. The van der Waals surface area contributed by atoms with Gasteiger partial charge in [0.15, 0.2) is 0 Å². The van der Waals surface area contributed by atoms with Gasteiger partial charge in [-0.25, -0.2) is 0 Å². The van der Waals surface area contributed by atoms with Crippen LogP contribution in [-0.2, 0) is 0 Å². The molecular weight excluding hydrogens is 232 g/mol. The van der Waals surface area contributed by atoms with Crippen LogP contribution >= 0.6 is 0 Å². The van der Waals surface area contributed by atoms with Gasteiger partial charge in [0.1, 0.15) is 5.75 Å². The molecule has 94 valence electrons. The van der Waals surface area contributed by atoms with Gasteiger partial charge in [0.2, 0.25) is 0 Å². The molecule has 1 nitrogen and oxygen atoms in total. The molecule has 1 heteroatoms. The molecule has 0 bridgehead atoms. The summed E-state index contributed by atoms with van der Waals surface area (Å²) >= 11 is 0. The fourth-order valence-corrected chi connectivity index (χ4v) is 2.37. The van der Waals surface area contributed by atoms with Crippen molar-refractivity contribution in [3.63, 3.8) is 0 Å². The maximum atomic E-state index is 5.48. The quantitative estimate of drug-likeness (QED) is 0.640. The fourth-order valence-electron chi connectivity index (χ4n) is 2.37. The second-order valence-electron chi connectivity index (χ2n) is 4.48. The Kier molecular flexibility index (Phi) is 3.20. The third-order valence-corrected chi connectivity index (χ3v) is 3.27. The summed E-state index contributed by atoms with van der Waals surface area (Å²) in [7, 11) is 0. The lowest BCUT2D eigenvalue weighted by molar-refractivity contribution is 0.340. The average molecular weight is 248 g/mol. The minimum Gasteiger partial charge on any atom is -0.494 e. The molecule has 0 aliphatic carbocycles. The molecule has 0 unspecified atom stereocenters. The predicted octanol–water partition coefficient (Wildman–Crippen LogP) is 4.91. The van der Waals surface area contributed by atoms with Crippen molar-refractivity contribution in [3.8, 4) is 16.9 Å². The lowest BCUT2D eigenvalue weighted by atomic mass is 9.98. The van der Waals surface area contributed by atoms with Crippen LogP contribution in [0.4, 0.5) is 0 Å². The highest BCUT2D eigenvalue weighted by atomic mass is 16.5. The average Bonchev–Trinajstić information content (AvgIpc) is 2.48. The molecule has 0 fully saturated rings. The predicted molar refractivity (Wildman–Crippen MR) is 80.6 cm³/mol. The normalized spacial score (nSPS) is 10.6. The smallest absolute Gasteiger partial charge is 0.119 e. The highest BCUT2D eigenvalue weighted by molar-refractivity contribution is 5.96. The lowest BCUT2D eigenvalue weighted by Crippen LogP contribution is -1.90. The van der Waals surface area contributed by atoms with Crippen LogP contribution in [0, 0.1) is 0 Å². The zero-order valence-corrected chi connectivity index (χ0v) is 11.0. The van der Waals surface area contributed by atoms with Crippen LogP contribution in [0.5, 0.6) is 5.75 Å². The van der Waals surface area contributed by atoms with Crippen molar-refractivity contribution >= 4 is 10.8 Å². The summed E-state index contributed by atoms with van der Waals surface area (Å²) < 4.78 is 5.48. The van der Waals surface area contributed by atoms with Crippen LogP contribution in [0.1, 0.15) is 6.92 Å². The van der Waals surface area contributed by atoms with Gasteiger partial charge in [0, 0.05) is 0 Å². The van der Waals surface area contributed by atoms with E-state index in [1.54, 1.807) is 0 Å². The van der Waals surface area contributed by atoms with Gasteiger partial charge in [-0.2, -0.15) is 0 Å². The first-order chi connectivity index (χ1) is 9.38. The molecule has 0 atom stereocenters. The van der Waals surface area contributed by atoms with Crippen molar-refractivity contribution in [2.24, 2.45) is 0 Å². The van der Waals surface area contributed by atoms with Gasteiger partial charge < -0.3 is 4.74 Å². The van der Waals surface area contributed by atoms with Crippen LogP contribution < -0.4 is 4.74 Å². The molecule has 0 saturated carbocycles. The lowest BCUT2D eigenvalue weighted by Gasteiger charge is -2.08. The standard InChI is InChI=1S/C18H16O/c1-2-19-16-12-10-15(11-13-16)18-9-5-7-14-6-3-4-8-17(14)18/h3-13H,2H2,1H3. The molecule has 0 aromatic heterocycles. The minimum absolute atomic E-state index is 0.702. The third kappa shape index (κ3) is 2.32. The number of ether oxygens (including phenoxy) is 1. The van der Waals surface area contributed by atoms with Gasteiger partial charge in [-0.05, 0) is 41.0 Å². The molecule has 0 spiro atoms. The van der Waals surface area contributed by atoms with Gasteiger partial charge in [-0.1, -0.05) is 54.6 Å². The molecule has 0 aliphatic rings.